The first kappa shape index (κ1) is 16.4. The number of hydrogen-bond donors (Lipinski definition) is 2. The van der Waals surface area contributed by atoms with Crippen LogP contribution in [0, 0.1) is 5.82 Å². The molecule has 0 fully saturated rings. The van der Waals surface area contributed by atoms with E-state index in [0.717, 1.165) is 0 Å². The summed E-state index contributed by atoms with van der Waals surface area (Å²) >= 11 is 0. The number of methoxy groups -OCH3 is 1. The first-order valence-corrected chi connectivity index (χ1v) is 6.45. The van der Waals surface area contributed by atoms with Gasteiger partial charge >= 0.3 is 0 Å². The van der Waals surface area contributed by atoms with Crippen LogP contribution in [-0.2, 0) is 9.53 Å². The van der Waals surface area contributed by atoms with Crippen LogP contribution in [0.5, 0.6) is 5.75 Å². The Balaban J connectivity index is 2.79. The molecular weight excluding hydrogens is 263 g/mol. The van der Waals surface area contributed by atoms with Crippen molar-refractivity contribution in [2.45, 2.75) is 32.5 Å². The van der Waals surface area contributed by atoms with Gasteiger partial charge in [-0.15, -0.1) is 0 Å². The van der Waals surface area contributed by atoms with Crippen LogP contribution >= 0.6 is 0 Å². The monoisotopic (exact) mass is 284 g/mol. The number of anilines is 1. The summed E-state index contributed by atoms with van der Waals surface area (Å²) in [4.78, 5) is 11.9. The molecule has 0 aliphatic heterocycles. The van der Waals surface area contributed by atoms with Gasteiger partial charge in [0, 0.05) is 19.7 Å². The van der Waals surface area contributed by atoms with Gasteiger partial charge in [-0.1, -0.05) is 0 Å². The fourth-order valence-corrected chi connectivity index (χ4v) is 1.63. The summed E-state index contributed by atoms with van der Waals surface area (Å²) in [6.45, 7) is 3.94. The topological polar surface area (TPSA) is 73.6 Å². The van der Waals surface area contributed by atoms with Crippen LogP contribution in [0.15, 0.2) is 18.2 Å². The summed E-state index contributed by atoms with van der Waals surface area (Å²) < 4.78 is 23.8. The number of carbonyl (C=O) groups excluding carboxylic acids is 1. The van der Waals surface area contributed by atoms with Crippen molar-refractivity contribution in [3.05, 3.63) is 24.0 Å². The van der Waals surface area contributed by atoms with E-state index >= 15 is 0 Å². The lowest BCUT2D eigenvalue weighted by atomic mass is 10.2. The van der Waals surface area contributed by atoms with E-state index in [0.29, 0.717) is 11.4 Å². The highest BCUT2D eigenvalue weighted by Crippen LogP contribution is 2.26. The predicted octanol–water partition coefficient (Wildman–Crippen LogP) is 1.92. The quantitative estimate of drug-likeness (QED) is 0.802. The molecule has 1 amide bonds. The highest BCUT2D eigenvalue weighted by molar-refractivity contribution is 5.92. The van der Waals surface area contributed by atoms with Crippen LogP contribution in [0.2, 0.25) is 0 Å². The Morgan fingerprint density at radius 3 is 2.70 bits per heavy atom. The van der Waals surface area contributed by atoms with E-state index in [9.17, 15) is 9.18 Å². The summed E-state index contributed by atoms with van der Waals surface area (Å²) in [7, 11) is 1.49. The third kappa shape index (κ3) is 5.14. The minimum Gasteiger partial charge on any atom is -0.489 e. The van der Waals surface area contributed by atoms with E-state index in [1.54, 1.807) is 0 Å². The highest BCUT2D eigenvalue weighted by Gasteiger charge is 2.14. The van der Waals surface area contributed by atoms with Gasteiger partial charge in [0.2, 0.25) is 5.91 Å². The molecule has 0 saturated carbocycles. The summed E-state index contributed by atoms with van der Waals surface area (Å²) in [5.74, 6) is -0.323. The molecule has 0 aromatic heterocycles. The lowest BCUT2D eigenvalue weighted by Gasteiger charge is -2.16. The van der Waals surface area contributed by atoms with E-state index in [-0.39, 0.29) is 31.1 Å². The molecule has 0 radical (unpaired) electrons. The van der Waals surface area contributed by atoms with Gasteiger partial charge in [-0.2, -0.15) is 0 Å². The first-order valence-electron chi connectivity index (χ1n) is 6.45. The molecule has 0 spiro atoms. The van der Waals surface area contributed by atoms with E-state index in [1.165, 1.54) is 25.3 Å². The summed E-state index contributed by atoms with van der Waals surface area (Å²) in [5.41, 5.74) is 5.76. The summed E-state index contributed by atoms with van der Waals surface area (Å²) in [5, 5.41) is 2.62. The molecule has 0 bridgehead atoms. The van der Waals surface area contributed by atoms with Gasteiger partial charge in [0.1, 0.15) is 11.6 Å². The minimum atomic E-state index is -0.446. The highest BCUT2D eigenvalue weighted by atomic mass is 19.1. The SMILES string of the molecule is COC(CN)CC(=O)Nc1cc(F)ccc1OC(C)C. The molecule has 0 aliphatic carbocycles. The lowest BCUT2D eigenvalue weighted by molar-refractivity contribution is -0.118. The largest absolute Gasteiger partial charge is 0.489 e. The molecule has 112 valence electrons. The number of hydrogen-bond acceptors (Lipinski definition) is 4. The van der Waals surface area contributed by atoms with Gasteiger partial charge in [-0.25, -0.2) is 4.39 Å². The zero-order valence-electron chi connectivity index (χ0n) is 12.0. The number of amides is 1. The molecule has 5 nitrogen and oxygen atoms in total. The zero-order valence-corrected chi connectivity index (χ0v) is 12.0. The molecule has 1 atom stereocenters. The molecule has 1 unspecified atom stereocenters. The van der Waals surface area contributed by atoms with Crippen molar-refractivity contribution in [1.82, 2.24) is 0 Å². The van der Waals surface area contributed by atoms with Gasteiger partial charge in [0.15, 0.2) is 0 Å². The second-order valence-corrected chi connectivity index (χ2v) is 4.65. The van der Waals surface area contributed by atoms with Crippen LogP contribution in [0.3, 0.4) is 0 Å². The second-order valence-electron chi connectivity index (χ2n) is 4.65. The number of halogens is 1. The molecule has 0 aliphatic rings. The molecule has 1 aromatic rings. The summed E-state index contributed by atoms with van der Waals surface area (Å²) in [6, 6.07) is 3.99. The normalized spacial score (nSPS) is 12.3. The van der Waals surface area contributed by atoms with Crippen LogP contribution < -0.4 is 15.8 Å². The molecule has 1 rings (SSSR count). The van der Waals surface area contributed by atoms with Crippen LogP contribution in [0.1, 0.15) is 20.3 Å². The molecule has 3 N–H and O–H groups in total. The van der Waals surface area contributed by atoms with Crippen molar-refractivity contribution in [1.29, 1.82) is 0 Å². The Labute approximate surface area is 118 Å². The third-order valence-electron chi connectivity index (χ3n) is 2.59. The van der Waals surface area contributed by atoms with E-state index < -0.39 is 5.82 Å². The predicted molar refractivity (Wildman–Crippen MR) is 75.3 cm³/mol. The van der Waals surface area contributed by atoms with Gasteiger partial charge < -0.3 is 20.5 Å². The number of ether oxygens (including phenoxy) is 2. The zero-order chi connectivity index (χ0) is 15.1. The molecular formula is C14H21FN2O3. The van der Waals surface area contributed by atoms with Crippen molar-refractivity contribution in [3.8, 4) is 5.75 Å². The second kappa shape index (κ2) is 7.81. The maximum absolute atomic E-state index is 13.3. The summed E-state index contributed by atoms with van der Waals surface area (Å²) in [6.07, 6.45) is -0.338. The first-order chi connectivity index (χ1) is 9.46. The Kier molecular flexibility index (Phi) is 6.41. The lowest BCUT2D eigenvalue weighted by Crippen LogP contribution is -2.28. The smallest absolute Gasteiger partial charge is 0.227 e. The number of nitrogens with one attached hydrogen (secondary N) is 1. The average molecular weight is 284 g/mol. The van der Waals surface area contributed by atoms with Crippen molar-refractivity contribution >= 4 is 11.6 Å². The van der Waals surface area contributed by atoms with E-state index in [2.05, 4.69) is 5.32 Å². The molecule has 0 saturated heterocycles. The van der Waals surface area contributed by atoms with Crippen molar-refractivity contribution in [2.75, 3.05) is 19.0 Å². The maximum Gasteiger partial charge on any atom is 0.227 e. The Morgan fingerprint density at radius 1 is 1.45 bits per heavy atom. The minimum absolute atomic E-state index is 0.0770. The van der Waals surface area contributed by atoms with Crippen molar-refractivity contribution < 1.29 is 18.7 Å². The number of nitrogens with two attached hydrogens (primary N) is 1. The van der Waals surface area contributed by atoms with Crippen molar-refractivity contribution in [2.24, 2.45) is 5.73 Å². The van der Waals surface area contributed by atoms with Gasteiger partial charge in [0.25, 0.3) is 0 Å². The standard InChI is InChI=1S/C14H21FN2O3/c1-9(2)20-13-5-4-10(15)6-12(13)17-14(18)7-11(8-16)19-3/h4-6,9,11H,7-8,16H2,1-3H3,(H,17,18). The van der Waals surface area contributed by atoms with Gasteiger partial charge in [-0.05, 0) is 26.0 Å². The maximum atomic E-state index is 13.3. The van der Waals surface area contributed by atoms with E-state index in [4.69, 9.17) is 15.2 Å². The Bertz CT molecular complexity index is 448. The van der Waals surface area contributed by atoms with Crippen molar-refractivity contribution in [3.63, 3.8) is 0 Å². The van der Waals surface area contributed by atoms with Gasteiger partial charge in [-0.3, -0.25) is 4.79 Å². The van der Waals surface area contributed by atoms with Gasteiger partial charge in [0.05, 0.1) is 24.3 Å². The average Bonchev–Trinajstić information content (AvgIpc) is 2.38. The number of benzene rings is 1. The van der Waals surface area contributed by atoms with E-state index in [1.807, 2.05) is 13.8 Å². The van der Waals surface area contributed by atoms with Crippen LogP contribution in [0.25, 0.3) is 0 Å². The van der Waals surface area contributed by atoms with Crippen LogP contribution in [0.4, 0.5) is 10.1 Å². The fourth-order valence-electron chi connectivity index (χ4n) is 1.63. The fraction of sp³-hybridized carbons (Fsp3) is 0.500. The molecule has 1 aromatic carbocycles. The molecule has 6 heteroatoms. The molecule has 20 heavy (non-hydrogen) atoms. The van der Waals surface area contributed by atoms with Crippen LogP contribution in [-0.4, -0.2) is 31.8 Å². The third-order valence-corrected chi connectivity index (χ3v) is 2.59. The Hall–Kier alpha value is -1.66. The molecule has 0 heterocycles. The number of rotatable bonds is 7. The number of carbonyl (C=O) groups is 1. The Morgan fingerprint density at radius 2 is 2.15 bits per heavy atom.